The molecule has 0 aliphatic carbocycles. The summed E-state index contributed by atoms with van der Waals surface area (Å²) in [7, 11) is -3.06. The van der Waals surface area contributed by atoms with Crippen LogP contribution in [-0.4, -0.2) is 43.3 Å². The van der Waals surface area contributed by atoms with E-state index in [1.165, 1.54) is 0 Å². The summed E-state index contributed by atoms with van der Waals surface area (Å²) >= 11 is 0. The predicted molar refractivity (Wildman–Crippen MR) is 105 cm³/mol. The average Bonchev–Trinajstić information content (AvgIpc) is 2.99. The fraction of sp³-hybridized carbons (Fsp3) is 0.286. The molecule has 5 heteroatoms. The number of rotatable bonds is 5. The second-order valence-corrected chi connectivity index (χ2v) is 8.92. The molecule has 1 aliphatic heterocycles. The van der Waals surface area contributed by atoms with Crippen molar-refractivity contribution < 1.29 is 13.2 Å². The number of hydrogen-bond donors (Lipinski definition) is 0. The van der Waals surface area contributed by atoms with E-state index in [2.05, 4.69) is 0 Å². The first-order valence-electron chi connectivity index (χ1n) is 8.74. The summed E-state index contributed by atoms with van der Waals surface area (Å²) in [5.41, 5.74) is 2.72. The quantitative estimate of drug-likeness (QED) is 0.812. The fourth-order valence-corrected chi connectivity index (χ4v) is 4.88. The molecule has 0 N–H and O–H groups in total. The number of amides is 1. The summed E-state index contributed by atoms with van der Waals surface area (Å²) in [6.45, 7) is 2.36. The number of carbonyl (C=O) groups excluding carboxylic acids is 1. The molecule has 2 aromatic rings. The number of sulfone groups is 1. The Labute approximate surface area is 155 Å². The van der Waals surface area contributed by atoms with E-state index in [1.807, 2.05) is 61.5 Å². The summed E-state index contributed by atoms with van der Waals surface area (Å²) < 4.78 is 23.8. The third kappa shape index (κ3) is 4.61. The van der Waals surface area contributed by atoms with Crippen LogP contribution in [0, 0.1) is 6.92 Å². The standard InChI is InChI=1S/C21H23NO3S/c1-17-9-11-19(12-10-17)21(23)22(20-13-15-26(24,25)16-20)14-5-8-18-6-3-2-4-7-18/h2-12,20H,13-16H2,1H3. The van der Waals surface area contributed by atoms with E-state index in [1.54, 1.807) is 17.0 Å². The second kappa shape index (κ2) is 7.87. The van der Waals surface area contributed by atoms with Crippen molar-refractivity contribution in [2.24, 2.45) is 0 Å². The molecule has 0 aromatic heterocycles. The summed E-state index contributed by atoms with van der Waals surface area (Å²) in [5.74, 6) is 0.0754. The molecule has 0 saturated carbocycles. The molecule has 1 saturated heterocycles. The minimum atomic E-state index is -3.06. The molecule has 2 aromatic carbocycles. The lowest BCUT2D eigenvalue weighted by molar-refractivity contribution is 0.0721. The van der Waals surface area contributed by atoms with E-state index >= 15 is 0 Å². The van der Waals surface area contributed by atoms with E-state index in [0.29, 0.717) is 18.5 Å². The number of benzene rings is 2. The Kier molecular flexibility index (Phi) is 5.57. The summed E-state index contributed by atoms with van der Waals surface area (Å²) in [4.78, 5) is 14.7. The zero-order valence-corrected chi connectivity index (χ0v) is 15.7. The van der Waals surface area contributed by atoms with Crippen LogP contribution in [0.3, 0.4) is 0 Å². The van der Waals surface area contributed by atoms with Gasteiger partial charge in [-0.05, 0) is 31.0 Å². The van der Waals surface area contributed by atoms with Crippen molar-refractivity contribution in [3.05, 3.63) is 77.4 Å². The highest BCUT2D eigenvalue weighted by atomic mass is 32.2. The van der Waals surface area contributed by atoms with Crippen molar-refractivity contribution in [1.82, 2.24) is 4.90 Å². The van der Waals surface area contributed by atoms with Gasteiger partial charge in [-0.3, -0.25) is 4.79 Å². The van der Waals surface area contributed by atoms with Crippen molar-refractivity contribution in [1.29, 1.82) is 0 Å². The van der Waals surface area contributed by atoms with Crippen molar-refractivity contribution in [2.45, 2.75) is 19.4 Å². The second-order valence-electron chi connectivity index (χ2n) is 6.69. The van der Waals surface area contributed by atoms with Crippen LogP contribution in [0.1, 0.15) is 27.9 Å². The Morgan fingerprint density at radius 2 is 1.81 bits per heavy atom. The highest BCUT2D eigenvalue weighted by Crippen LogP contribution is 2.20. The van der Waals surface area contributed by atoms with Gasteiger partial charge in [0.05, 0.1) is 11.5 Å². The van der Waals surface area contributed by atoms with Gasteiger partial charge in [-0.25, -0.2) is 8.42 Å². The SMILES string of the molecule is Cc1ccc(C(=O)N(CC=Cc2ccccc2)C2CCS(=O)(=O)C2)cc1. The third-order valence-corrected chi connectivity index (χ3v) is 6.37. The Morgan fingerprint density at radius 3 is 2.42 bits per heavy atom. The van der Waals surface area contributed by atoms with Crippen LogP contribution in [-0.2, 0) is 9.84 Å². The highest BCUT2D eigenvalue weighted by molar-refractivity contribution is 7.91. The van der Waals surface area contributed by atoms with Crippen molar-refractivity contribution in [3.63, 3.8) is 0 Å². The van der Waals surface area contributed by atoms with E-state index in [0.717, 1.165) is 11.1 Å². The average molecular weight is 369 g/mol. The zero-order valence-electron chi connectivity index (χ0n) is 14.8. The van der Waals surface area contributed by atoms with E-state index in [4.69, 9.17) is 0 Å². The van der Waals surface area contributed by atoms with Gasteiger partial charge in [-0.2, -0.15) is 0 Å². The summed E-state index contributed by atoms with van der Waals surface area (Å²) in [6.07, 6.45) is 4.38. The molecule has 1 atom stereocenters. The Balaban J connectivity index is 1.80. The van der Waals surface area contributed by atoms with Crippen molar-refractivity contribution in [2.75, 3.05) is 18.1 Å². The van der Waals surface area contributed by atoms with Crippen LogP contribution >= 0.6 is 0 Å². The molecular formula is C21H23NO3S. The highest BCUT2D eigenvalue weighted by Gasteiger charge is 2.34. The molecule has 4 nitrogen and oxygen atoms in total. The maximum absolute atomic E-state index is 13.0. The molecule has 1 heterocycles. The summed E-state index contributed by atoms with van der Waals surface area (Å²) in [5, 5.41) is 0. The van der Waals surface area contributed by atoms with Crippen LogP contribution in [0.5, 0.6) is 0 Å². The molecule has 3 rings (SSSR count). The minimum absolute atomic E-state index is 0.0454. The van der Waals surface area contributed by atoms with Gasteiger partial charge in [0.1, 0.15) is 0 Å². The topological polar surface area (TPSA) is 54.5 Å². The maximum atomic E-state index is 13.0. The van der Waals surface area contributed by atoms with Gasteiger partial charge < -0.3 is 4.90 Å². The van der Waals surface area contributed by atoms with Crippen LogP contribution in [0.4, 0.5) is 0 Å². The van der Waals surface area contributed by atoms with Crippen LogP contribution in [0.15, 0.2) is 60.7 Å². The van der Waals surface area contributed by atoms with E-state index in [9.17, 15) is 13.2 Å². The first kappa shape index (κ1) is 18.4. The van der Waals surface area contributed by atoms with Gasteiger partial charge in [0.15, 0.2) is 9.84 Å². The van der Waals surface area contributed by atoms with Crippen LogP contribution in [0.2, 0.25) is 0 Å². The number of carbonyl (C=O) groups is 1. The fourth-order valence-electron chi connectivity index (χ4n) is 3.15. The number of nitrogens with zero attached hydrogens (tertiary/aromatic N) is 1. The van der Waals surface area contributed by atoms with Gasteiger partial charge in [0, 0.05) is 18.2 Å². The molecule has 0 spiro atoms. The van der Waals surface area contributed by atoms with Gasteiger partial charge in [0.25, 0.3) is 5.91 Å². The van der Waals surface area contributed by atoms with Crippen molar-refractivity contribution in [3.8, 4) is 0 Å². The lowest BCUT2D eigenvalue weighted by Crippen LogP contribution is -2.41. The Morgan fingerprint density at radius 1 is 1.12 bits per heavy atom. The Hall–Kier alpha value is -2.40. The van der Waals surface area contributed by atoms with Crippen LogP contribution in [0.25, 0.3) is 6.08 Å². The molecular weight excluding hydrogens is 346 g/mol. The summed E-state index contributed by atoms with van der Waals surface area (Å²) in [6, 6.07) is 17.0. The molecule has 1 amide bonds. The van der Waals surface area contributed by atoms with Crippen LogP contribution < -0.4 is 0 Å². The van der Waals surface area contributed by atoms with Gasteiger partial charge in [-0.15, -0.1) is 0 Å². The normalized spacial score (nSPS) is 18.9. The molecule has 1 unspecified atom stereocenters. The Bertz CT molecular complexity index is 887. The molecule has 136 valence electrons. The lowest BCUT2D eigenvalue weighted by atomic mass is 10.1. The first-order valence-corrected chi connectivity index (χ1v) is 10.6. The smallest absolute Gasteiger partial charge is 0.254 e. The van der Waals surface area contributed by atoms with Gasteiger partial charge in [-0.1, -0.05) is 60.2 Å². The first-order chi connectivity index (χ1) is 12.4. The molecule has 1 fully saturated rings. The van der Waals surface area contributed by atoms with E-state index < -0.39 is 9.84 Å². The monoisotopic (exact) mass is 369 g/mol. The molecule has 26 heavy (non-hydrogen) atoms. The third-order valence-electron chi connectivity index (χ3n) is 4.62. The largest absolute Gasteiger partial charge is 0.331 e. The number of aryl methyl sites for hydroxylation is 1. The number of hydrogen-bond acceptors (Lipinski definition) is 3. The van der Waals surface area contributed by atoms with Crippen molar-refractivity contribution >= 4 is 21.8 Å². The van der Waals surface area contributed by atoms with Gasteiger partial charge in [0.2, 0.25) is 0 Å². The van der Waals surface area contributed by atoms with E-state index in [-0.39, 0.29) is 23.5 Å². The molecule has 0 radical (unpaired) electrons. The molecule has 0 bridgehead atoms. The predicted octanol–water partition coefficient (Wildman–Crippen LogP) is 3.34. The maximum Gasteiger partial charge on any atom is 0.254 e. The zero-order chi connectivity index (χ0) is 18.6. The lowest BCUT2D eigenvalue weighted by Gasteiger charge is -2.27. The molecule has 1 aliphatic rings. The minimum Gasteiger partial charge on any atom is -0.331 e. The van der Waals surface area contributed by atoms with Gasteiger partial charge >= 0.3 is 0 Å².